The highest BCUT2D eigenvalue weighted by Crippen LogP contribution is 2.31. The molecule has 0 amide bonds. The Bertz CT molecular complexity index is 236. The average Bonchev–Trinajstić information content (AvgIpc) is 2.58. The third-order valence-corrected chi connectivity index (χ3v) is 3.43. The second kappa shape index (κ2) is 6.50. The van der Waals surface area contributed by atoms with E-state index in [2.05, 4.69) is 31.1 Å². The Hall–Kier alpha value is -0.220. The number of hydrogen-bond acceptors (Lipinski definition) is 4. The molecule has 1 unspecified atom stereocenters. The second-order valence-electron chi connectivity index (χ2n) is 5.27. The molecule has 0 radical (unpaired) electrons. The molecule has 0 aromatic heterocycles. The van der Waals surface area contributed by atoms with Gasteiger partial charge in [0.05, 0.1) is 13.2 Å². The fraction of sp³-hybridized carbons (Fsp3) is 0.917. The highest BCUT2D eigenvalue weighted by atomic mass is 32.2. The summed E-state index contributed by atoms with van der Waals surface area (Å²) in [7, 11) is 0. The van der Waals surface area contributed by atoms with Gasteiger partial charge in [-0.25, -0.2) is 0 Å². The Kier molecular flexibility index (Phi) is 5.62. The van der Waals surface area contributed by atoms with Crippen molar-refractivity contribution in [1.29, 1.82) is 0 Å². The van der Waals surface area contributed by atoms with E-state index in [4.69, 9.17) is 4.74 Å². The molecule has 0 saturated heterocycles. The molecule has 1 atom stereocenters. The fourth-order valence-corrected chi connectivity index (χ4v) is 3.06. The van der Waals surface area contributed by atoms with Gasteiger partial charge in [-0.1, -0.05) is 32.5 Å². The van der Waals surface area contributed by atoms with Crippen LogP contribution in [0.25, 0.3) is 0 Å². The van der Waals surface area contributed by atoms with Crippen LogP contribution in [-0.4, -0.2) is 36.7 Å². The summed E-state index contributed by atoms with van der Waals surface area (Å²) in [5.41, 5.74) is 0.397. The van der Waals surface area contributed by atoms with Crippen molar-refractivity contribution >= 4 is 16.9 Å². The second-order valence-corrected chi connectivity index (χ2v) is 6.56. The zero-order valence-electron chi connectivity index (χ0n) is 10.9. The van der Waals surface area contributed by atoms with E-state index in [-0.39, 0.29) is 0 Å². The van der Waals surface area contributed by atoms with Crippen molar-refractivity contribution in [3.05, 3.63) is 0 Å². The molecule has 16 heavy (non-hydrogen) atoms. The van der Waals surface area contributed by atoms with Gasteiger partial charge in [-0.2, -0.15) is 0 Å². The summed E-state index contributed by atoms with van der Waals surface area (Å²) in [5, 5.41) is 5.06. The van der Waals surface area contributed by atoms with E-state index >= 15 is 0 Å². The van der Waals surface area contributed by atoms with Crippen molar-refractivity contribution in [1.82, 2.24) is 5.32 Å². The molecule has 1 aliphatic heterocycles. The molecule has 94 valence electrons. The number of hydrogen-bond donors (Lipinski definition) is 1. The number of amidine groups is 1. The SMILES string of the molecule is CCOCCNC1=NCC(CC(C)(C)C)S1. The number of thioether (sulfide) groups is 1. The zero-order chi connectivity index (χ0) is 12.0. The van der Waals surface area contributed by atoms with Gasteiger partial charge in [0.2, 0.25) is 0 Å². The lowest BCUT2D eigenvalue weighted by Gasteiger charge is -2.21. The molecule has 0 aliphatic carbocycles. The maximum absolute atomic E-state index is 5.27. The van der Waals surface area contributed by atoms with E-state index in [0.29, 0.717) is 10.7 Å². The third-order valence-electron chi connectivity index (χ3n) is 2.28. The summed E-state index contributed by atoms with van der Waals surface area (Å²) in [6.07, 6.45) is 1.22. The van der Waals surface area contributed by atoms with Crippen LogP contribution in [0.15, 0.2) is 4.99 Å². The van der Waals surface area contributed by atoms with Gasteiger partial charge in [0.1, 0.15) is 0 Å². The van der Waals surface area contributed by atoms with Crippen LogP contribution in [0.1, 0.15) is 34.1 Å². The van der Waals surface area contributed by atoms with E-state index in [9.17, 15) is 0 Å². The first-order valence-electron chi connectivity index (χ1n) is 6.04. The predicted octanol–water partition coefficient (Wildman–Crippen LogP) is 2.52. The standard InChI is InChI=1S/C12H24N2OS/c1-5-15-7-6-13-11-14-9-10(16-11)8-12(2,3)4/h10H,5-9H2,1-4H3,(H,13,14). The minimum atomic E-state index is 0.397. The van der Waals surface area contributed by atoms with Gasteiger partial charge >= 0.3 is 0 Å². The minimum Gasteiger partial charge on any atom is -0.380 e. The van der Waals surface area contributed by atoms with E-state index in [1.165, 1.54) is 6.42 Å². The average molecular weight is 244 g/mol. The number of nitrogens with zero attached hydrogens (tertiary/aromatic N) is 1. The van der Waals surface area contributed by atoms with Crippen molar-refractivity contribution < 1.29 is 4.74 Å². The quantitative estimate of drug-likeness (QED) is 0.755. The number of rotatable bonds is 5. The smallest absolute Gasteiger partial charge is 0.157 e. The molecule has 0 spiro atoms. The Morgan fingerprint density at radius 3 is 2.88 bits per heavy atom. The molecule has 0 aromatic rings. The van der Waals surface area contributed by atoms with Crippen LogP contribution in [0.4, 0.5) is 0 Å². The van der Waals surface area contributed by atoms with Crippen LogP contribution >= 0.6 is 11.8 Å². The van der Waals surface area contributed by atoms with Crippen LogP contribution in [-0.2, 0) is 4.74 Å². The van der Waals surface area contributed by atoms with Crippen LogP contribution in [0.2, 0.25) is 0 Å². The summed E-state index contributed by atoms with van der Waals surface area (Å²) in [6.45, 7) is 12.2. The third kappa shape index (κ3) is 5.75. The van der Waals surface area contributed by atoms with Crippen LogP contribution in [0, 0.1) is 5.41 Å². The summed E-state index contributed by atoms with van der Waals surface area (Å²) in [6, 6.07) is 0. The van der Waals surface area contributed by atoms with E-state index < -0.39 is 0 Å². The lowest BCUT2D eigenvalue weighted by molar-refractivity contribution is 0.153. The first-order chi connectivity index (χ1) is 7.51. The topological polar surface area (TPSA) is 33.6 Å². The molecular formula is C12H24N2OS. The number of nitrogens with one attached hydrogen (secondary N) is 1. The highest BCUT2D eigenvalue weighted by molar-refractivity contribution is 8.14. The molecule has 0 fully saturated rings. The summed E-state index contributed by atoms with van der Waals surface area (Å²) in [5.74, 6) is 0. The van der Waals surface area contributed by atoms with Gasteiger partial charge in [0, 0.05) is 18.4 Å². The lowest BCUT2D eigenvalue weighted by Crippen LogP contribution is -2.24. The molecular weight excluding hydrogens is 220 g/mol. The molecule has 4 heteroatoms. The molecule has 0 aromatic carbocycles. The normalized spacial score (nSPS) is 21.0. The van der Waals surface area contributed by atoms with E-state index in [0.717, 1.165) is 31.5 Å². The van der Waals surface area contributed by atoms with Gasteiger partial charge in [-0.05, 0) is 18.8 Å². The van der Waals surface area contributed by atoms with Gasteiger partial charge in [0.25, 0.3) is 0 Å². The Morgan fingerprint density at radius 1 is 1.50 bits per heavy atom. The first-order valence-corrected chi connectivity index (χ1v) is 6.92. The molecule has 1 N–H and O–H groups in total. The molecule has 3 nitrogen and oxygen atoms in total. The van der Waals surface area contributed by atoms with Crippen molar-refractivity contribution in [2.75, 3.05) is 26.3 Å². The molecule has 0 saturated carbocycles. The molecule has 1 heterocycles. The largest absolute Gasteiger partial charge is 0.380 e. The lowest BCUT2D eigenvalue weighted by atomic mass is 9.90. The number of ether oxygens (including phenoxy) is 1. The number of aliphatic imine (C=N–C) groups is 1. The first kappa shape index (κ1) is 13.8. The molecule has 1 rings (SSSR count). The van der Waals surface area contributed by atoms with Crippen molar-refractivity contribution in [2.45, 2.75) is 39.4 Å². The van der Waals surface area contributed by atoms with Crippen LogP contribution < -0.4 is 5.32 Å². The van der Waals surface area contributed by atoms with Gasteiger partial charge < -0.3 is 10.1 Å². The van der Waals surface area contributed by atoms with Gasteiger partial charge in [0.15, 0.2) is 5.17 Å². The van der Waals surface area contributed by atoms with E-state index in [1.54, 1.807) is 0 Å². The maximum Gasteiger partial charge on any atom is 0.157 e. The van der Waals surface area contributed by atoms with Crippen molar-refractivity contribution in [3.63, 3.8) is 0 Å². The Balaban J connectivity index is 2.14. The minimum absolute atomic E-state index is 0.397. The molecule has 0 bridgehead atoms. The predicted molar refractivity (Wildman–Crippen MR) is 72.2 cm³/mol. The van der Waals surface area contributed by atoms with Crippen molar-refractivity contribution in [3.8, 4) is 0 Å². The monoisotopic (exact) mass is 244 g/mol. The summed E-state index contributed by atoms with van der Waals surface area (Å²) in [4.78, 5) is 4.51. The summed E-state index contributed by atoms with van der Waals surface area (Å²) < 4.78 is 5.27. The van der Waals surface area contributed by atoms with Crippen LogP contribution in [0.3, 0.4) is 0 Å². The van der Waals surface area contributed by atoms with Crippen molar-refractivity contribution in [2.24, 2.45) is 10.4 Å². The maximum atomic E-state index is 5.27. The van der Waals surface area contributed by atoms with Crippen LogP contribution in [0.5, 0.6) is 0 Å². The van der Waals surface area contributed by atoms with E-state index in [1.807, 2.05) is 18.7 Å². The Labute approximate surface area is 103 Å². The van der Waals surface area contributed by atoms with Gasteiger partial charge in [-0.15, -0.1) is 0 Å². The summed E-state index contributed by atoms with van der Waals surface area (Å²) >= 11 is 1.88. The fourth-order valence-electron chi connectivity index (χ4n) is 1.68. The van der Waals surface area contributed by atoms with Gasteiger partial charge in [-0.3, -0.25) is 4.99 Å². The Morgan fingerprint density at radius 2 is 2.25 bits per heavy atom. The zero-order valence-corrected chi connectivity index (χ0v) is 11.7. The highest BCUT2D eigenvalue weighted by Gasteiger charge is 2.24. The molecule has 1 aliphatic rings.